The molecule has 0 bridgehead atoms. The summed E-state index contributed by atoms with van der Waals surface area (Å²) in [5.41, 5.74) is 3.26. The number of fused-ring (bicyclic) bond motifs is 1. The maximum Gasteiger partial charge on any atom is 0.124 e. The summed E-state index contributed by atoms with van der Waals surface area (Å²) in [6.45, 7) is 1.37. The molecule has 0 aliphatic carbocycles. The summed E-state index contributed by atoms with van der Waals surface area (Å²) in [5.74, 6) is 0. The monoisotopic (exact) mass is 275 g/mol. The molecule has 0 amide bonds. The van der Waals surface area contributed by atoms with Crippen LogP contribution in [0.3, 0.4) is 0 Å². The van der Waals surface area contributed by atoms with Crippen LogP contribution >= 0.6 is 11.3 Å². The van der Waals surface area contributed by atoms with E-state index in [1.165, 1.54) is 5.69 Å². The van der Waals surface area contributed by atoms with E-state index in [0.717, 1.165) is 27.7 Å². The Morgan fingerprint density at radius 3 is 2.68 bits per heavy atom. The van der Waals surface area contributed by atoms with Gasteiger partial charge >= 0.3 is 0 Å². The van der Waals surface area contributed by atoms with Gasteiger partial charge in [-0.25, -0.2) is 4.98 Å². The van der Waals surface area contributed by atoms with Crippen LogP contribution in [0.5, 0.6) is 0 Å². The molecule has 2 N–H and O–H groups in total. The molecule has 19 heavy (non-hydrogen) atoms. The number of hydrogen-bond donors (Lipinski definition) is 2. The number of nitrogens with zero attached hydrogens (tertiary/aromatic N) is 2. The van der Waals surface area contributed by atoms with Gasteiger partial charge in [-0.15, -0.1) is 11.3 Å². The Hall–Kier alpha value is -1.43. The van der Waals surface area contributed by atoms with Crippen molar-refractivity contribution in [3.8, 4) is 10.6 Å². The summed E-state index contributed by atoms with van der Waals surface area (Å²) >= 11 is 1.60. The Morgan fingerprint density at radius 2 is 2.05 bits per heavy atom. The van der Waals surface area contributed by atoms with E-state index >= 15 is 0 Å². The van der Waals surface area contributed by atoms with Gasteiger partial charge in [-0.3, -0.25) is 0 Å². The highest BCUT2D eigenvalue weighted by Crippen LogP contribution is 2.34. The van der Waals surface area contributed by atoms with Gasteiger partial charge in [0.05, 0.1) is 10.6 Å². The molecule has 0 fully saturated rings. The molecule has 4 nitrogen and oxygen atoms in total. The third kappa shape index (κ3) is 2.36. The Balaban J connectivity index is 1.94. The average molecular weight is 275 g/mol. The fraction of sp³-hybridized carbons (Fsp3) is 0.357. The first-order valence-electron chi connectivity index (χ1n) is 6.31. The number of anilines is 1. The van der Waals surface area contributed by atoms with Gasteiger partial charge in [-0.2, -0.15) is 0 Å². The molecule has 1 aromatic heterocycles. The van der Waals surface area contributed by atoms with Crippen molar-refractivity contribution >= 4 is 17.0 Å². The van der Waals surface area contributed by atoms with Gasteiger partial charge < -0.3 is 15.3 Å². The molecule has 0 spiro atoms. The van der Waals surface area contributed by atoms with Gasteiger partial charge in [0, 0.05) is 38.4 Å². The van der Waals surface area contributed by atoms with Gasteiger partial charge in [0.1, 0.15) is 11.1 Å². The number of thiazole rings is 1. The highest BCUT2D eigenvalue weighted by Gasteiger charge is 2.22. The molecule has 1 aliphatic heterocycles. The molecular formula is C14H17N3OS. The largest absolute Gasteiger partial charge is 0.386 e. The van der Waals surface area contributed by atoms with E-state index in [2.05, 4.69) is 39.5 Å². The van der Waals surface area contributed by atoms with Crippen LogP contribution in [0.2, 0.25) is 0 Å². The van der Waals surface area contributed by atoms with Crippen molar-refractivity contribution in [3.05, 3.63) is 34.8 Å². The van der Waals surface area contributed by atoms with Crippen LogP contribution in [0.1, 0.15) is 16.7 Å². The number of rotatable bonds is 2. The highest BCUT2D eigenvalue weighted by atomic mass is 32.1. The molecule has 2 aromatic rings. The van der Waals surface area contributed by atoms with Crippen LogP contribution in [0.25, 0.3) is 10.6 Å². The highest BCUT2D eigenvalue weighted by molar-refractivity contribution is 7.15. The Kier molecular flexibility index (Phi) is 3.26. The summed E-state index contributed by atoms with van der Waals surface area (Å²) in [6, 6.07) is 8.34. The zero-order valence-electron chi connectivity index (χ0n) is 11.1. The number of β-amino-alcohol motifs (C(OH)–C–C–N with tert-alkyl or cyclic N) is 1. The molecule has 0 saturated heterocycles. The van der Waals surface area contributed by atoms with Crippen molar-refractivity contribution in [2.45, 2.75) is 12.6 Å². The zero-order valence-corrected chi connectivity index (χ0v) is 11.9. The van der Waals surface area contributed by atoms with E-state index in [1.54, 1.807) is 11.3 Å². The third-order valence-corrected chi connectivity index (χ3v) is 4.54. The fourth-order valence-electron chi connectivity index (χ4n) is 2.20. The number of benzene rings is 1. The van der Waals surface area contributed by atoms with E-state index in [4.69, 9.17) is 0 Å². The minimum atomic E-state index is -0.420. The van der Waals surface area contributed by atoms with Crippen LogP contribution in [0.4, 0.5) is 5.69 Å². The summed E-state index contributed by atoms with van der Waals surface area (Å²) < 4.78 is 0. The van der Waals surface area contributed by atoms with Crippen molar-refractivity contribution in [2.24, 2.45) is 0 Å². The topological polar surface area (TPSA) is 48.4 Å². The summed E-state index contributed by atoms with van der Waals surface area (Å²) in [6.07, 6.45) is -0.420. The second-order valence-electron chi connectivity index (χ2n) is 4.92. The lowest BCUT2D eigenvalue weighted by Crippen LogP contribution is -2.26. The predicted octanol–water partition coefficient (Wildman–Crippen LogP) is 2.01. The molecule has 0 radical (unpaired) electrons. The van der Waals surface area contributed by atoms with E-state index in [-0.39, 0.29) is 0 Å². The number of aliphatic hydroxyl groups is 1. The number of aromatic nitrogens is 1. The predicted molar refractivity (Wildman–Crippen MR) is 78.5 cm³/mol. The van der Waals surface area contributed by atoms with Crippen LogP contribution in [-0.2, 0) is 6.54 Å². The average Bonchev–Trinajstić information content (AvgIpc) is 2.84. The zero-order chi connectivity index (χ0) is 13.4. The second-order valence-corrected chi connectivity index (χ2v) is 5.95. The Labute approximate surface area is 116 Å². The van der Waals surface area contributed by atoms with Crippen LogP contribution in [0.15, 0.2) is 24.3 Å². The third-order valence-electron chi connectivity index (χ3n) is 3.29. The lowest BCUT2D eigenvalue weighted by Gasteiger charge is -2.16. The molecule has 100 valence electrons. The maximum atomic E-state index is 9.94. The lowest BCUT2D eigenvalue weighted by atomic mass is 10.2. The number of nitrogens with one attached hydrogen (secondary N) is 1. The minimum absolute atomic E-state index is 0.420. The number of aliphatic hydroxyl groups excluding tert-OH is 1. The van der Waals surface area contributed by atoms with Gasteiger partial charge in [-0.1, -0.05) is 0 Å². The Morgan fingerprint density at radius 1 is 1.32 bits per heavy atom. The molecule has 1 atom stereocenters. The maximum absolute atomic E-state index is 9.94. The van der Waals surface area contributed by atoms with Crippen molar-refractivity contribution in [2.75, 3.05) is 25.5 Å². The summed E-state index contributed by atoms with van der Waals surface area (Å²) in [4.78, 5) is 7.71. The van der Waals surface area contributed by atoms with Gasteiger partial charge in [0.2, 0.25) is 0 Å². The van der Waals surface area contributed by atoms with E-state index in [0.29, 0.717) is 6.54 Å². The first-order chi connectivity index (χ1) is 9.15. The van der Waals surface area contributed by atoms with Gasteiger partial charge in [0.25, 0.3) is 0 Å². The molecule has 5 heteroatoms. The van der Waals surface area contributed by atoms with E-state index < -0.39 is 6.10 Å². The SMILES string of the molecule is CN(C)c1ccc(-c2nc3c(s2)[C@H](O)CNC3)cc1. The van der Waals surface area contributed by atoms with Crippen LogP contribution in [0, 0.1) is 0 Å². The molecule has 0 unspecified atom stereocenters. The van der Waals surface area contributed by atoms with Gasteiger partial charge in [-0.05, 0) is 24.3 Å². The Bertz CT molecular complexity index is 577. The first-order valence-corrected chi connectivity index (χ1v) is 7.13. The molecular weight excluding hydrogens is 258 g/mol. The molecule has 3 rings (SSSR count). The van der Waals surface area contributed by atoms with Gasteiger partial charge in [0.15, 0.2) is 0 Å². The minimum Gasteiger partial charge on any atom is -0.386 e. The van der Waals surface area contributed by atoms with Crippen molar-refractivity contribution < 1.29 is 5.11 Å². The second kappa shape index (κ2) is 4.92. The summed E-state index contributed by atoms with van der Waals surface area (Å²) in [7, 11) is 4.05. The summed E-state index contributed by atoms with van der Waals surface area (Å²) in [5, 5.41) is 14.1. The normalized spacial score (nSPS) is 18.2. The lowest BCUT2D eigenvalue weighted by molar-refractivity contribution is 0.168. The number of hydrogen-bond acceptors (Lipinski definition) is 5. The van der Waals surface area contributed by atoms with E-state index in [9.17, 15) is 5.11 Å². The fourth-order valence-corrected chi connectivity index (χ4v) is 3.27. The smallest absolute Gasteiger partial charge is 0.124 e. The van der Waals surface area contributed by atoms with Crippen molar-refractivity contribution in [1.29, 1.82) is 0 Å². The standard InChI is InChI=1S/C14H17N3OS/c1-17(2)10-5-3-9(4-6-10)14-16-11-7-15-8-12(18)13(11)19-14/h3-6,12,15,18H,7-8H2,1-2H3/t12-/m1/s1. The van der Waals surface area contributed by atoms with Crippen molar-refractivity contribution in [3.63, 3.8) is 0 Å². The molecule has 1 aromatic carbocycles. The van der Waals surface area contributed by atoms with Crippen LogP contribution < -0.4 is 10.2 Å². The molecule has 2 heterocycles. The van der Waals surface area contributed by atoms with E-state index in [1.807, 2.05) is 14.1 Å². The van der Waals surface area contributed by atoms with Crippen LogP contribution in [-0.4, -0.2) is 30.7 Å². The molecule has 0 saturated carbocycles. The van der Waals surface area contributed by atoms with Crippen molar-refractivity contribution in [1.82, 2.24) is 10.3 Å². The molecule has 1 aliphatic rings. The first kappa shape index (κ1) is 12.6. The quantitative estimate of drug-likeness (QED) is 0.880.